The second-order valence-corrected chi connectivity index (χ2v) is 7.00. The number of carbonyl (C=O) groups excluding carboxylic acids is 1. The Morgan fingerprint density at radius 3 is 2.75 bits per heavy atom. The number of para-hydroxylation sites is 1. The van der Waals surface area contributed by atoms with Crippen LogP contribution >= 0.6 is 11.6 Å². The molecule has 1 heterocycles. The summed E-state index contributed by atoms with van der Waals surface area (Å²) >= 11 is 6.10. The van der Waals surface area contributed by atoms with Crippen LogP contribution in [-0.4, -0.2) is 33.9 Å². The minimum atomic E-state index is -0.232. The molecule has 0 radical (unpaired) electrons. The number of halogens is 1. The van der Waals surface area contributed by atoms with E-state index in [1.54, 1.807) is 41.3 Å². The second kappa shape index (κ2) is 8.44. The molecule has 0 saturated carbocycles. The Balaban J connectivity index is 2.01. The number of H-pyrrole nitrogens is 1. The largest absolute Gasteiger partial charge is 0.496 e. The highest BCUT2D eigenvalue weighted by molar-refractivity contribution is 6.31. The van der Waals surface area contributed by atoms with Crippen molar-refractivity contribution in [1.82, 2.24) is 14.9 Å². The number of rotatable bonds is 6. The van der Waals surface area contributed by atoms with Gasteiger partial charge >= 0.3 is 0 Å². The van der Waals surface area contributed by atoms with Crippen molar-refractivity contribution in [3.63, 3.8) is 0 Å². The number of hydrogen-bond donors (Lipinski definition) is 1. The number of hydrogen-bond acceptors (Lipinski definition) is 4. The second-order valence-electron chi connectivity index (χ2n) is 6.56. The number of benzene rings is 2. The van der Waals surface area contributed by atoms with Crippen LogP contribution in [0.5, 0.6) is 5.75 Å². The summed E-state index contributed by atoms with van der Waals surface area (Å²) in [7, 11) is 1.51. The number of aromatic nitrogens is 2. The molecule has 146 valence electrons. The number of nitrogens with one attached hydrogen (secondary N) is 1. The molecule has 3 rings (SSSR count). The maximum atomic E-state index is 13.3. The minimum absolute atomic E-state index is 0.0760. The van der Waals surface area contributed by atoms with E-state index in [9.17, 15) is 9.59 Å². The van der Waals surface area contributed by atoms with Crippen LogP contribution in [0.1, 0.15) is 36.5 Å². The molecule has 0 saturated heterocycles. The van der Waals surface area contributed by atoms with Gasteiger partial charge in [-0.2, -0.15) is 0 Å². The number of fused-ring (bicyclic) bond motifs is 1. The van der Waals surface area contributed by atoms with Gasteiger partial charge in [-0.25, -0.2) is 4.98 Å². The van der Waals surface area contributed by atoms with E-state index in [2.05, 4.69) is 9.97 Å². The van der Waals surface area contributed by atoms with Gasteiger partial charge in [-0.1, -0.05) is 30.7 Å². The molecule has 1 aromatic heterocycles. The van der Waals surface area contributed by atoms with Crippen LogP contribution < -0.4 is 10.3 Å². The summed E-state index contributed by atoms with van der Waals surface area (Å²) in [5.41, 5.74) is 0.744. The lowest BCUT2D eigenvalue weighted by atomic mass is 10.1. The van der Waals surface area contributed by atoms with E-state index in [0.29, 0.717) is 33.1 Å². The lowest BCUT2D eigenvalue weighted by molar-refractivity contribution is 0.0662. The van der Waals surface area contributed by atoms with E-state index in [-0.39, 0.29) is 24.1 Å². The third-order valence-electron chi connectivity index (χ3n) is 4.76. The molecule has 1 unspecified atom stereocenters. The van der Waals surface area contributed by atoms with Gasteiger partial charge in [-0.15, -0.1) is 0 Å². The first kappa shape index (κ1) is 19.9. The monoisotopic (exact) mass is 399 g/mol. The van der Waals surface area contributed by atoms with E-state index in [4.69, 9.17) is 16.3 Å². The maximum Gasteiger partial charge on any atom is 0.258 e. The molecule has 0 aliphatic carbocycles. The Hall–Kier alpha value is -2.86. The third-order valence-corrected chi connectivity index (χ3v) is 4.99. The molecular weight excluding hydrogens is 378 g/mol. The van der Waals surface area contributed by atoms with Crippen LogP contribution in [0.3, 0.4) is 0 Å². The van der Waals surface area contributed by atoms with Crippen molar-refractivity contribution in [3.05, 3.63) is 69.2 Å². The van der Waals surface area contributed by atoms with Gasteiger partial charge in [0.2, 0.25) is 0 Å². The van der Waals surface area contributed by atoms with Gasteiger partial charge in [0, 0.05) is 11.1 Å². The van der Waals surface area contributed by atoms with Crippen molar-refractivity contribution in [2.75, 3.05) is 7.11 Å². The molecule has 6 nitrogen and oxygen atoms in total. The van der Waals surface area contributed by atoms with Gasteiger partial charge in [0.1, 0.15) is 11.6 Å². The lowest BCUT2D eigenvalue weighted by Gasteiger charge is -2.29. The summed E-state index contributed by atoms with van der Waals surface area (Å²) in [5, 5.41) is 0.967. The summed E-state index contributed by atoms with van der Waals surface area (Å²) in [6.07, 6.45) is 0.742. The summed E-state index contributed by atoms with van der Waals surface area (Å²) in [4.78, 5) is 34.6. The lowest BCUT2D eigenvalue weighted by Crippen LogP contribution is -2.39. The number of nitrogens with zero attached hydrogens (tertiary/aromatic N) is 2. The highest BCUT2D eigenvalue weighted by atomic mass is 35.5. The van der Waals surface area contributed by atoms with Crippen LogP contribution in [0.15, 0.2) is 47.3 Å². The van der Waals surface area contributed by atoms with Crippen LogP contribution in [0.4, 0.5) is 0 Å². The molecule has 0 bridgehead atoms. The van der Waals surface area contributed by atoms with Gasteiger partial charge < -0.3 is 14.6 Å². The molecular formula is C21H22ClN3O3. The Kier molecular flexibility index (Phi) is 5.99. The molecule has 0 aliphatic rings. The molecule has 2 aromatic carbocycles. The van der Waals surface area contributed by atoms with Gasteiger partial charge in [0.25, 0.3) is 11.5 Å². The summed E-state index contributed by atoms with van der Waals surface area (Å²) in [6.45, 7) is 4.12. The molecule has 3 aromatic rings. The van der Waals surface area contributed by atoms with Crippen molar-refractivity contribution >= 4 is 28.4 Å². The Labute approximate surface area is 168 Å². The molecule has 1 N–H and O–H groups in total. The van der Waals surface area contributed by atoms with E-state index in [1.165, 1.54) is 7.11 Å². The van der Waals surface area contributed by atoms with Gasteiger partial charge in [0.05, 0.1) is 30.1 Å². The van der Waals surface area contributed by atoms with E-state index in [0.717, 1.165) is 6.42 Å². The van der Waals surface area contributed by atoms with Crippen molar-refractivity contribution in [2.24, 2.45) is 0 Å². The zero-order chi connectivity index (χ0) is 20.3. The fourth-order valence-corrected chi connectivity index (χ4v) is 3.19. The fourth-order valence-electron chi connectivity index (χ4n) is 3.02. The minimum Gasteiger partial charge on any atom is -0.496 e. The van der Waals surface area contributed by atoms with Crippen molar-refractivity contribution in [1.29, 1.82) is 0 Å². The van der Waals surface area contributed by atoms with E-state index < -0.39 is 0 Å². The molecule has 0 fully saturated rings. The number of ether oxygens (including phenoxy) is 1. The van der Waals surface area contributed by atoms with Crippen LogP contribution in [0.25, 0.3) is 10.9 Å². The molecule has 7 heteroatoms. The first-order valence-corrected chi connectivity index (χ1v) is 9.44. The average Bonchev–Trinajstić information content (AvgIpc) is 2.71. The number of carbonyl (C=O) groups is 1. The van der Waals surface area contributed by atoms with E-state index >= 15 is 0 Å². The highest BCUT2D eigenvalue weighted by Gasteiger charge is 2.25. The first-order valence-electron chi connectivity index (χ1n) is 9.07. The molecule has 0 spiro atoms. The molecule has 1 atom stereocenters. The number of aromatic amines is 1. The first-order chi connectivity index (χ1) is 13.4. The van der Waals surface area contributed by atoms with E-state index in [1.807, 2.05) is 19.9 Å². The zero-order valence-corrected chi connectivity index (χ0v) is 16.8. The molecule has 0 aliphatic heterocycles. The number of amides is 1. The maximum absolute atomic E-state index is 13.3. The summed E-state index contributed by atoms with van der Waals surface area (Å²) in [6, 6.07) is 12.0. The predicted molar refractivity (Wildman–Crippen MR) is 110 cm³/mol. The van der Waals surface area contributed by atoms with Crippen molar-refractivity contribution < 1.29 is 9.53 Å². The summed E-state index contributed by atoms with van der Waals surface area (Å²) < 4.78 is 5.33. The predicted octanol–water partition coefficient (Wildman–Crippen LogP) is 4.03. The van der Waals surface area contributed by atoms with Crippen LogP contribution in [0, 0.1) is 0 Å². The van der Waals surface area contributed by atoms with Crippen molar-refractivity contribution in [3.8, 4) is 5.75 Å². The summed E-state index contributed by atoms with van der Waals surface area (Å²) in [5.74, 6) is 0.644. The van der Waals surface area contributed by atoms with Gasteiger partial charge in [-0.05, 0) is 43.7 Å². The van der Waals surface area contributed by atoms with Crippen molar-refractivity contribution in [2.45, 2.75) is 32.9 Å². The molecule has 28 heavy (non-hydrogen) atoms. The normalized spacial score (nSPS) is 12.0. The van der Waals surface area contributed by atoms with Crippen LogP contribution in [0.2, 0.25) is 5.02 Å². The Morgan fingerprint density at radius 2 is 2.04 bits per heavy atom. The zero-order valence-electron chi connectivity index (χ0n) is 16.0. The Morgan fingerprint density at radius 1 is 1.29 bits per heavy atom. The smallest absolute Gasteiger partial charge is 0.258 e. The topological polar surface area (TPSA) is 75.3 Å². The molecule has 1 amide bonds. The number of methoxy groups -OCH3 is 1. The van der Waals surface area contributed by atoms with Gasteiger partial charge in [-0.3, -0.25) is 9.59 Å². The fraction of sp³-hybridized carbons (Fsp3) is 0.286. The standard InChI is InChI=1S/C21H22ClN3O3/c1-4-13(2)25(21(27)16-11-14(22)9-10-18(16)28-3)12-19-23-17-8-6-5-7-15(17)20(26)24-19/h5-11,13H,4,12H2,1-3H3,(H,23,24,26). The van der Waals surface area contributed by atoms with Gasteiger partial charge in [0.15, 0.2) is 0 Å². The quantitative estimate of drug-likeness (QED) is 0.679. The SMILES string of the molecule is CCC(C)N(Cc1nc2ccccc2c(=O)[nH]1)C(=O)c1cc(Cl)ccc1OC. The Bertz CT molecular complexity index is 1060. The van der Waals surface area contributed by atoms with Crippen LogP contribution in [-0.2, 0) is 6.54 Å². The third kappa shape index (κ3) is 4.02. The average molecular weight is 400 g/mol. The highest BCUT2D eigenvalue weighted by Crippen LogP contribution is 2.26.